The topological polar surface area (TPSA) is 35.2 Å². The first kappa shape index (κ1) is 17.1. The smallest absolute Gasteiger partial charge is 0.389 e. The van der Waals surface area contributed by atoms with Crippen molar-refractivity contribution >= 4 is 11.6 Å². The predicted molar refractivity (Wildman–Crippen MR) is 74.2 cm³/mol. The van der Waals surface area contributed by atoms with Gasteiger partial charge in [0.05, 0.1) is 11.6 Å². The number of nitrogens with two attached hydrogens (primary N) is 1. The Hall–Kier alpha value is -0.940. The summed E-state index contributed by atoms with van der Waals surface area (Å²) in [6.07, 6.45) is -3.71. The van der Waals surface area contributed by atoms with E-state index in [2.05, 4.69) is 0 Å². The van der Waals surface area contributed by atoms with E-state index in [0.29, 0.717) is 17.2 Å². The minimum Gasteiger partial charge on any atom is -0.492 e. The molecular weight excluding hydrogens is 291 g/mol. The van der Waals surface area contributed by atoms with E-state index < -0.39 is 12.6 Å². The average molecular weight is 310 g/mol. The fourth-order valence-corrected chi connectivity index (χ4v) is 2.00. The molecule has 1 atom stereocenters. The van der Waals surface area contributed by atoms with Crippen LogP contribution in [0.15, 0.2) is 18.2 Å². The average Bonchev–Trinajstić information content (AvgIpc) is 2.35. The van der Waals surface area contributed by atoms with E-state index in [0.717, 1.165) is 12.0 Å². The van der Waals surface area contributed by atoms with Crippen molar-refractivity contribution in [1.29, 1.82) is 0 Å². The number of para-hydroxylation sites is 1. The second-order valence-corrected chi connectivity index (χ2v) is 5.07. The van der Waals surface area contributed by atoms with Gasteiger partial charge < -0.3 is 10.5 Å². The van der Waals surface area contributed by atoms with Gasteiger partial charge in [0, 0.05) is 12.5 Å². The lowest BCUT2D eigenvalue weighted by Crippen LogP contribution is -2.22. The van der Waals surface area contributed by atoms with E-state index in [1.54, 1.807) is 12.1 Å². The van der Waals surface area contributed by atoms with Crippen LogP contribution in [0.25, 0.3) is 0 Å². The lowest BCUT2D eigenvalue weighted by molar-refractivity contribution is -0.136. The Morgan fingerprint density at radius 2 is 2.05 bits per heavy atom. The number of rotatable bonds is 7. The molecule has 114 valence electrons. The molecule has 2 N–H and O–H groups in total. The molecule has 0 heterocycles. The maximum absolute atomic E-state index is 12.1. The van der Waals surface area contributed by atoms with E-state index in [1.165, 1.54) is 0 Å². The van der Waals surface area contributed by atoms with Gasteiger partial charge in [-0.2, -0.15) is 13.2 Å². The molecule has 0 aliphatic rings. The first-order chi connectivity index (χ1) is 9.33. The minimum atomic E-state index is -4.16. The highest BCUT2D eigenvalue weighted by molar-refractivity contribution is 6.32. The molecule has 0 saturated carbocycles. The van der Waals surface area contributed by atoms with Gasteiger partial charge in [-0.25, -0.2) is 0 Å². The lowest BCUT2D eigenvalue weighted by atomic mass is 10.0. The zero-order valence-corrected chi connectivity index (χ0v) is 12.1. The third kappa shape index (κ3) is 6.01. The molecule has 0 spiro atoms. The van der Waals surface area contributed by atoms with E-state index >= 15 is 0 Å². The van der Waals surface area contributed by atoms with Crippen LogP contribution in [0, 0.1) is 0 Å². The second-order valence-electron chi connectivity index (χ2n) is 4.67. The molecule has 1 aromatic rings. The highest BCUT2D eigenvalue weighted by atomic mass is 35.5. The SMILES string of the molecule is CCC(N)Cc1cccc(Cl)c1OCCCC(F)(F)F. The molecule has 0 aromatic heterocycles. The summed E-state index contributed by atoms with van der Waals surface area (Å²) in [5.41, 5.74) is 6.72. The summed E-state index contributed by atoms with van der Waals surface area (Å²) in [4.78, 5) is 0. The highest BCUT2D eigenvalue weighted by Crippen LogP contribution is 2.30. The van der Waals surface area contributed by atoms with Crippen LogP contribution < -0.4 is 10.5 Å². The van der Waals surface area contributed by atoms with E-state index in [9.17, 15) is 13.2 Å². The van der Waals surface area contributed by atoms with Crippen molar-refractivity contribution < 1.29 is 17.9 Å². The summed E-state index contributed by atoms with van der Waals surface area (Å²) in [5.74, 6) is 0.445. The molecule has 0 bridgehead atoms. The second kappa shape index (κ2) is 7.74. The zero-order chi connectivity index (χ0) is 15.2. The Bertz CT molecular complexity index is 423. The van der Waals surface area contributed by atoms with Crippen molar-refractivity contribution in [3.05, 3.63) is 28.8 Å². The number of hydrogen-bond donors (Lipinski definition) is 1. The van der Waals surface area contributed by atoms with Crippen LogP contribution in [0.5, 0.6) is 5.75 Å². The Kier molecular flexibility index (Phi) is 6.62. The van der Waals surface area contributed by atoms with Gasteiger partial charge in [0.2, 0.25) is 0 Å². The number of alkyl halides is 3. The molecule has 1 rings (SSSR count). The quantitative estimate of drug-likeness (QED) is 0.760. The van der Waals surface area contributed by atoms with Crippen molar-refractivity contribution in [2.24, 2.45) is 5.73 Å². The van der Waals surface area contributed by atoms with Crippen LogP contribution in [0.3, 0.4) is 0 Å². The normalized spacial score (nSPS) is 13.3. The van der Waals surface area contributed by atoms with Crippen molar-refractivity contribution in [1.82, 2.24) is 0 Å². The molecule has 20 heavy (non-hydrogen) atoms. The molecule has 0 amide bonds. The van der Waals surface area contributed by atoms with Crippen LogP contribution in [0.2, 0.25) is 5.02 Å². The van der Waals surface area contributed by atoms with Gasteiger partial charge >= 0.3 is 6.18 Å². The maximum Gasteiger partial charge on any atom is 0.389 e. The molecule has 0 fully saturated rings. The van der Waals surface area contributed by atoms with Gasteiger partial charge in [-0.1, -0.05) is 30.7 Å². The summed E-state index contributed by atoms with van der Waals surface area (Å²) in [6, 6.07) is 5.25. The van der Waals surface area contributed by atoms with Gasteiger partial charge in [-0.15, -0.1) is 0 Å². The predicted octanol–water partition coefficient (Wildman–Crippen LogP) is 4.34. The number of halogens is 4. The van der Waals surface area contributed by atoms with E-state index in [-0.39, 0.29) is 19.1 Å². The molecule has 6 heteroatoms. The maximum atomic E-state index is 12.1. The Balaban J connectivity index is 2.63. The number of benzene rings is 1. The Morgan fingerprint density at radius 1 is 1.35 bits per heavy atom. The van der Waals surface area contributed by atoms with Gasteiger partial charge in [0.15, 0.2) is 0 Å². The van der Waals surface area contributed by atoms with Crippen molar-refractivity contribution in [2.75, 3.05) is 6.61 Å². The molecule has 1 unspecified atom stereocenters. The van der Waals surface area contributed by atoms with Crippen LogP contribution in [-0.2, 0) is 6.42 Å². The Labute approximate surface area is 122 Å². The van der Waals surface area contributed by atoms with Gasteiger partial charge in [0.25, 0.3) is 0 Å². The molecule has 2 nitrogen and oxygen atoms in total. The van der Waals surface area contributed by atoms with E-state index in [1.807, 2.05) is 13.0 Å². The molecule has 0 radical (unpaired) electrons. The zero-order valence-electron chi connectivity index (χ0n) is 11.3. The molecule has 0 saturated heterocycles. The lowest BCUT2D eigenvalue weighted by Gasteiger charge is -2.16. The monoisotopic (exact) mass is 309 g/mol. The standard InChI is InChI=1S/C14H19ClF3NO/c1-2-11(19)9-10-5-3-6-12(15)13(10)20-8-4-7-14(16,17)18/h3,5-6,11H,2,4,7-9,19H2,1H3. The van der Waals surface area contributed by atoms with Crippen LogP contribution >= 0.6 is 11.6 Å². The van der Waals surface area contributed by atoms with E-state index in [4.69, 9.17) is 22.1 Å². The first-order valence-electron chi connectivity index (χ1n) is 6.56. The third-order valence-electron chi connectivity index (χ3n) is 2.91. The minimum absolute atomic E-state index is 0.0163. The summed E-state index contributed by atoms with van der Waals surface area (Å²) in [6.45, 7) is 1.96. The summed E-state index contributed by atoms with van der Waals surface area (Å²) >= 11 is 6.04. The molecule has 1 aromatic carbocycles. The van der Waals surface area contributed by atoms with Crippen molar-refractivity contribution in [2.45, 2.75) is 44.8 Å². The first-order valence-corrected chi connectivity index (χ1v) is 6.93. The van der Waals surface area contributed by atoms with Crippen LogP contribution in [0.4, 0.5) is 13.2 Å². The molecule has 0 aliphatic carbocycles. The molecule has 0 aliphatic heterocycles. The Morgan fingerprint density at radius 3 is 2.65 bits per heavy atom. The third-order valence-corrected chi connectivity index (χ3v) is 3.20. The van der Waals surface area contributed by atoms with Crippen molar-refractivity contribution in [3.8, 4) is 5.75 Å². The largest absolute Gasteiger partial charge is 0.492 e. The molecular formula is C14H19ClF3NO. The fourth-order valence-electron chi connectivity index (χ4n) is 1.75. The highest BCUT2D eigenvalue weighted by Gasteiger charge is 2.26. The van der Waals surface area contributed by atoms with Gasteiger partial charge in [-0.3, -0.25) is 0 Å². The van der Waals surface area contributed by atoms with Crippen LogP contribution in [0.1, 0.15) is 31.7 Å². The summed E-state index contributed by atoms with van der Waals surface area (Å²) in [7, 11) is 0. The number of ether oxygens (including phenoxy) is 1. The summed E-state index contributed by atoms with van der Waals surface area (Å²) < 4.78 is 41.6. The summed E-state index contributed by atoms with van der Waals surface area (Å²) in [5, 5.41) is 0.401. The number of hydrogen-bond acceptors (Lipinski definition) is 2. The van der Waals surface area contributed by atoms with Gasteiger partial charge in [-0.05, 0) is 30.9 Å². The van der Waals surface area contributed by atoms with Gasteiger partial charge in [0.1, 0.15) is 5.75 Å². The fraction of sp³-hybridized carbons (Fsp3) is 0.571. The van der Waals surface area contributed by atoms with Crippen molar-refractivity contribution in [3.63, 3.8) is 0 Å². The van der Waals surface area contributed by atoms with Crippen LogP contribution in [-0.4, -0.2) is 18.8 Å².